The molecule has 108 valence electrons. The van der Waals surface area contributed by atoms with Gasteiger partial charge >= 0.3 is 0 Å². The van der Waals surface area contributed by atoms with E-state index >= 15 is 0 Å². The summed E-state index contributed by atoms with van der Waals surface area (Å²) in [6.45, 7) is 12.2. The molecule has 0 radical (unpaired) electrons. The molecule has 1 aromatic heterocycles. The van der Waals surface area contributed by atoms with Crippen LogP contribution in [-0.2, 0) is 6.54 Å². The van der Waals surface area contributed by atoms with Gasteiger partial charge in [-0.3, -0.25) is 0 Å². The van der Waals surface area contributed by atoms with Crippen LogP contribution in [0.15, 0.2) is 6.20 Å². The molecular formula is C15H27N3S. The Morgan fingerprint density at radius 3 is 2.68 bits per heavy atom. The van der Waals surface area contributed by atoms with Crippen LogP contribution in [0.4, 0.5) is 5.13 Å². The Morgan fingerprint density at radius 2 is 2.11 bits per heavy atom. The molecule has 0 atom stereocenters. The standard InChI is InChI=1S/C15H27N3S/c1-11(2)7-16-8-14-9-17-15(19-14)18(12(3)4)10-13-5-6-13/h9,11-13,16H,5-8,10H2,1-4H3. The number of hydrogen-bond acceptors (Lipinski definition) is 4. The molecule has 1 N–H and O–H groups in total. The molecule has 1 saturated carbocycles. The molecule has 1 aliphatic carbocycles. The van der Waals surface area contributed by atoms with E-state index in [4.69, 9.17) is 0 Å². The van der Waals surface area contributed by atoms with Crippen molar-refractivity contribution < 1.29 is 0 Å². The van der Waals surface area contributed by atoms with E-state index in [0.717, 1.165) is 19.0 Å². The fourth-order valence-electron chi connectivity index (χ4n) is 2.08. The molecule has 19 heavy (non-hydrogen) atoms. The van der Waals surface area contributed by atoms with Gasteiger partial charge in [-0.15, -0.1) is 11.3 Å². The first kappa shape index (κ1) is 14.8. The smallest absolute Gasteiger partial charge is 0.185 e. The van der Waals surface area contributed by atoms with Gasteiger partial charge in [0.1, 0.15) is 0 Å². The van der Waals surface area contributed by atoms with E-state index in [9.17, 15) is 0 Å². The maximum Gasteiger partial charge on any atom is 0.185 e. The lowest BCUT2D eigenvalue weighted by Gasteiger charge is -2.26. The Balaban J connectivity index is 1.89. The van der Waals surface area contributed by atoms with Gasteiger partial charge in [0, 0.05) is 30.2 Å². The van der Waals surface area contributed by atoms with Crippen LogP contribution < -0.4 is 10.2 Å². The molecule has 3 nitrogen and oxygen atoms in total. The second-order valence-electron chi connectivity index (χ2n) is 6.32. The summed E-state index contributed by atoms with van der Waals surface area (Å²) >= 11 is 1.84. The summed E-state index contributed by atoms with van der Waals surface area (Å²) in [5.74, 6) is 1.61. The van der Waals surface area contributed by atoms with Crippen molar-refractivity contribution in [1.29, 1.82) is 0 Å². The summed E-state index contributed by atoms with van der Waals surface area (Å²) in [4.78, 5) is 8.43. The molecule has 0 amide bonds. The Morgan fingerprint density at radius 1 is 1.37 bits per heavy atom. The average Bonchev–Trinajstić information content (AvgIpc) is 3.04. The minimum Gasteiger partial charge on any atom is -0.345 e. The number of nitrogens with zero attached hydrogens (tertiary/aromatic N) is 2. The molecule has 0 aromatic carbocycles. The van der Waals surface area contributed by atoms with E-state index in [0.29, 0.717) is 12.0 Å². The third kappa shape index (κ3) is 4.77. The fraction of sp³-hybridized carbons (Fsp3) is 0.800. The summed E-state index contributed by atoms with van der Waals surface area (Å²) in [5, 5.41) is 4.69. The van der Waals surface area contributed by atoms with Crippen molar-refractivity contribution in [3.63, 3.8) is 0 Å². The summed E-state index contributed by atoms with van der Waals surface area (Å²) in [6, 6.07) is 0.545. The van der Waals surface area contributed by atoms with Gasteiger partial charge in [0.05, 0.1) is 0 Å². The predicted octanol–water partition coefficient (Wildman–Crippen LogP) is 3.51. The fourth-order valence-corrected chi connectivity index (χ4v) is 3.11. The highest BCUT2D eigenvalue weighted by molar-refractivity contribution is 7.15. The number of aromatic nitrogens is 1. The van der Waals surface area contributed by atoms with Crippen molar-refractivity contribution >= 4 is 16.5 Å². The van der Waals surface area contributed by atoms with Gasteiger partial charge in [0.25, 0.3) is 0 Å². The van der Waals surface area contributed by atoms with E-state index in [1.807, 2.05) is 17.5 Å². The monoisotopic (exact) mass is 281 g/mol. The van der Waals surface area contributed by atoms with Gasteiger partial charge in [-0.25, -0.2) is 4.98 Å². The van der Waals surface area contributed by atoms with Crippen molar-refractivity contribution in [2.45, 2.75) is 53.1 Å². The summed E-state index contributed by atoms with van der Waals surface area (Å²) in [6.07, 6.45) is 4.84. The van der Waals surface area contributed by atoms with Gasteiger partial charge in [-0.05, 0) is 45.1 Å². The zero-order valence-corrected chi connectivity index (χ0v) is 13.5. The molecule has 4 heteroatoms. The highest BCUT2D eigenvalue weighted by Gasteiger charge is 2.26. The minimum absolute atomic E-state index is 0.545. The molecule has 0 spiro atoms. The summed E-state index contributed by atoms with van der Waals surface area (Å²) in [7, 11) is 0. The van der Waals surface area contributed by atoms with Crippen LogP contribution in [-0.4, -0.2) is 24.1 Å². The first-order valence-electron chi connectivity index (χ1n) is 7.48. The molecular weight excluding hydrogens is 254 g/mol. The number of hydrogen-bond donors (Lipinski definition) is 1. The largest absolute Gasteiger partial charge is 0.345 e. The van der Waals surface area contributed by atoms with Gasteiger partial charge < -0.3 is 10.2 Å². The van der Waals surface area contributed by atoms with Crippen LogP contribution in [0.25, 0.3) is 0 Å². The third-order valence-electron chi connectivity index (χ3n) is 3.41. The molecule has 0 saturated heterocycles. The zero-order valence-electron chi connectivity index (χ0n) is 12.6. The minimum atomic E-state index is 0.545. The first-order chi connectivity index (χ1) is 9.06. The second-order valence-corrected chi connectivity index (χ2v) is 7.42. The van der Waals surface area contributed by atoms with Crippen LogP contribution in [0.1, 0.15) is 45.4 Å². The van der Waals surface area contributed by atoms with Crippen LogP contribution in [0, 0.1) is 11.8 Å². The van der Waals surface area contributed by atoms with Crippen LogP contribution in [0.2, 0.25) is 0 Å². The van der Waals surface area contributed by atoms with Gasteiger partial charge in [-0.2, -0.15) is 0 Å². The topological polar surface area (TPSA) is 28.2 Å². The normalized spacial score (nSPS) is 15.5. The second kappa shape index (κ2) is 6.71. The maximum absolute atomic E-state index is 4.62. The lowest BCUT2D eigenvalue weighted by molar-refractivity contribution is 0.554. The highest BCUT2D eigenvalue weighted by atomic mass is 32.1. The third-order valence-corrected chi connectivity index (χ3v) is 4.45. The van der Waals surface area contributed by atoms with Gasteiger partial charge in [0.2, 0.25) is 0 Å². The number of anilines is 1. The van der Waals surface area contributed by atoms with Crippen molar-refractivity contribution in [1.82, 2.24) is 10.3 Å². The Hall–Kier alpha value is -0.610. The lowest BCUT2D eigenvalue weighted by atomic mass is 10.2. The molecule has 1 fully saturated rings. The van der Waals surface area contributed by atoms with Crippen molar-refractivity contribution in [2.24, 2.45) is 11.8 Å². The SMILES string of the molecule is CC(C)CNCc1cnc(N(CC2CC2)C(C)C)s1. The zero-order chi connectivity index (χ0) is 13.8. The molecule has 1 aromatic rings. The molecule has 0 unspecified atom stereocenters. The number of rotatable bonds is 8. The summed E-state index contributed by atoms with van der Waals surface area (Å²) in [5.41, 5.74) is 0. The van der Waals surface area contributed by atoms with E-state index in [-0.39, 0.29) is 0 Å². The average molecular weight is 281 g/mol. The molecule has 1 aliphatic rings. The number of thiazole rings is 1. The highest BCUT2D eigenvalue weighted by Crippen LogP contribution is 2.33. The molecule has 2 rings (SSSR count). The molecule has 0 aliphatic heterocycles. The van der Waals surface area contributed by atoms with Gasteiger partial charge in [0.15, 0.2) is 5.13 Å². The Bertz CT molecular complexity index is 382. The van der Waals surface area contributed by atoms with Gasteiger partial charge in [-0.1, -0.05) is 13.8 Å². The maximum atomic E-state index is 4.62. The van der Waals surface area contributed by atoms with Crippen molar-refractivity contribution in [3.8, 4) is 0 Å². The molecule has 0 bridgehead atoms. The predicted molar refractivity (Wildman–Crippen MR) is 83.9 cm³/mol. The van der Waals surface area contributed by atoms with E-state index in [2.05, 4.69) is 42.9 Å². The van der Waals surface area contributed by atoms with Crippen LogP contribution in [0.5, 0.6) is 0 Å². The number of nitrogens with one attached hydrogen (secondary N) is 1. The quantitative estimate of drug-likeness (QED) is 0.790. The van der Waals surface area contributed by atoms with Crippen molar-refractivity contribution in [2.75, 3.05) is 18.0 Å². The lowest BCUT2D eigenvalue weighted by Crippen LogP contribution is -2.32. The first-order valence-corrected chi connectivity index (χ1v) is 8.30. The van der Waals surface area contributed by atoms with Crippen molar-refractivity contribution in [3.05, 3.63) is 11.1 Å². The Kier molecular flexibility index (Phi) is 5.22. The molecule has 1 heterocycles. The van der Waals surface area contributed by atoms with Crippen LogP contribution >= 0.6 is 11.3 Å². The van der Waals surface area contributed by atoms with E-state index < -0.39 is 0 Å². The van der Waals surface area contributed by atoms with E-state index in [1.165, 1.54) is 29.4 Å². The van der Waals surface area contributed by atoms with E-state index in [1.54, 1.807) is 0 Å². The Labute approximate surface area is 121 Å². The summed E-state index contributed by atoms with van der Waals surface area (Å²) < 4.78 is 0. The van der Waals surface area contributed by atoms with Crippen LogP contribution in [0.3, 0.4) is 0 Å².